The van der Waals surface area contributed by atoms with E-state index in [4.69, 9.17) is 10.6 Å². The van der Waals surface area contributed by atoms with Gasteiger partial charge in [-0.25, -0.2) is 9.78 Å². The van der Waals surface area contributed by atoms with Gasteiger partial charge in [-0.1, -0.05) is 35.5 Å². The lowest BCUT2D eigenvalue weighted by Gasteiger charge is -2.53. The predicted molar refractivity (Wildman–Crippen MR) is 146 cm³/mol. The number of oxime groups is 1. The molecular weight excluding hydrogens is 560 g/mol. The molecule has 2 aliphatic rings. The average molecular weight is 585 g/mol. The molecule has 3 atom stereocenters. The summed E-state index contributed by atoms with van der Waals surface area (Å²) < 4.78 is 0. The van der Waals surface area contributed by atoms with E-state index in [1.165, 1.54) is 42.0 Å². The first-order valence-corrected chi connectivity index (χ1v) is 13.7. The molecule has 5 N–H and O–H groups in total. The summed E-state index contributed by atoms with van der Waals surface area (Å²) in [5, 5.41) is 36.0. The first kappa shape index (κ1) is 28.6. The number of carboxylic acid groups (broad SMARTS) is 2. The number of nitrogen functional groups attached to an aromatic ring is 1. The maximum atomic E-state index is 13.2. The summed E-state index contributed by atoms with van der Waals surface area (Å²) in [6, 6.07) is 7.83. The molecule has 40 heavy (non-hydrogen) atoms. The van der Waals surface area contributed by atoms with Crippen molar-refractivity contribution >= 4 is 63.8 Å². The third kappa shape index (κ3) is 5.49. The number of nitrogens with two attached hydrogens (primary N) is 1. The van der Waals surface area contributed by atoms with Crippen LogP contribution in [0.3, 0.4) is 0 Å². The molecule has 2 unspecified atom stereocenters. The van der Waals surface area contributed by atoms with Crippen LogP contribution >= 0.6 is 23.1 Å². The Morgan fingerprint density at radius 1 is 1.35 bits per heavy atom. The summed E-state index contributed by atoms with van der Waals surface area (Å²) in [6.07, 6.45) is 3.06. The van der Waals surface area contributed by atoms with E-state index in [0.717, 1.165) is 11.3 Å². The van der Waals surface area contributed by atoms with Gasteiger partial charge in [-0.15, -0.1) is 23.1 Å². The standard InChI is InChI=1S/C25H24N6O7S2/c1-24(2,21(34)35)38-30-16(15-10-39-23(27)28-15)18(32)29-17-19(33)31-11-25(22(36)37,12-40-20(17)31)8-7-13-5-3-4-6-14(13)9-26/h3-8,10,17,20H,11-12H2,1-2H3,(H2,27,28)(H,29,32)(H,34,35)(H,36,37)/t17?,20-,25?/m1/s1. The highest BCUT2D eigenvalue weighted by Crippen LogP contribution is 2.43. The molecule has 2 aromatic rings. The van der Waals surface area contributed by atoms with Gasteiger partial charge in [-0.05, 0) is 25.5 Å². The number of carbonyl (C=O) groups is 4. The summed E-state index contributed by atoms with van der Waals surface area (Å²) >= 11 is 2.22. The maximum Gasteiger partial charge on any atom is 0.350 e. The van der Waals surface area contributed by atoms with Crippen molar-refractivity contribution in [2.45, 2.75) is 30.9 Å². The molecule has 208 valence electrons. The van der Waals surface area contributed by atoms with Gasteiger partial charge in [0.1, 0.15) is 22.5 Å². The van der Waals surface area contributed by atoms with Gasteiger partial charge in [0, 0.05) is 17.7 Å². The van der Waals surface area contributed by atoms with Gasteiger partial charge < -0.3 is 31.0 Å². The van der Waals surface area contributed by atoms with Crippen molar-refractivity contribution in [2.24, 2.45) is 10.6 Å². The molecule has 15 heteroatoms. The number of benzene rings is 1. The fourth-order valence-electron chi connectivity index (χ4n) is 3.90. The minimum atomic E-state index is -1.75. The van der Waals surface area contributed by atoms with Crippen LogP contribution in [0.4, 0.5) is 5.13 Å². The maximum absolute atomic E-state index is 13.2. The molecule has 3 heterocycles. The molecule has 4 rings (SSSR count). The van der Waals surface area contributed by atoms with E-state index in [0.29, 0.717) is 11.1 Å². The number of nitrogens with one attached hydrogen (secondary N) is 1. The fraction of sp³-hybridized carbons (Fsp3) is 0.320. The molecule has 0 saturated carbocycles. The van der Waals surface area contributed by atoms with E-state index in [-0.39, 0.29) is 28.8 Å². The highest BCUT2D eigenvalue weighted by Gasteiger charge is 2.57. The lowest BCUT2D eigenvalue weighted by Crippen LogP contribution is -2.73. The minimum absolute atomic E-state index is 0.0359. The fourth-order valence-corrected chi connectivity index (χ4v) is 5.96. The summed E-state index contributed by atoms with van der Waals surface area (Å²) in [4.78, 5) is 60.4. The molecule has 1 aromatic heterocycles. The van der Waals surface area contributed by atoms with Crippen LogP contribution in [0.1, 0.15) is 30.7 Å². The lowest BCUT2D eigenvalue weighted by atomic mass is 9.86. The Morgan fingerprint density at radius 3 is 2.70 bits per heavy atom. The molecular formula is C25H24N6O7S2. The van der Waals surface area contributed by atoms with Gasteiger partial charge in [-0.2, -0.15) is 5.26 Å². The molecule has 2 saturated heterocycles. The Labute approximate surface area is 236 Å². The van der Waals surface area contributed by atoms with Gasteiger partial charge in [0.2, 0.25) is 11.5 Å². The zero-order chi connectivity index (χ0) is 29.2. The van der Waals surface area contributed by atoms with E-state index in [9.17, 15) is 34.7 Å². The van der Waals surface area contributed by atoms with Crippen LogP contribution in [0.5, 0.6) is 0 Å². The number of aromatic nitrogens is 1. The van der Waals surface area contributed by atoms with Gasteiger partial charge >= 0.3 is 11.9 Å². The van der Waals surface area contributed by atoms with Crippen LogP contribution < -0.4 is 11.1 Å². The molecule has 0 spiro atoms. The SMILES string of the molecule is CC(C)(ON=C(C(=O)NC1C(=O)N2CC(C=Cc3ccccc3C#N)(C(=O)O)CS[C@H]12)c1csc(N)n1)C(=O)O. The van der Waals surface area contributed by atoms with Crippen LogP contribution in [-0.4, -0.2) is 78.9 Å². The second kappa shape index (κ2) is 11.0. The summed E-state index contributed by atoms with van der Waals surface area (Å²) in [7, 11) is 0. The Bertz CT molecular complexity index is 1480. The highest BCUT2D eigenvalue weighted by molar-refractivity contribution is 8.00. The van der Waals surface area contributed by atoms with E-state index >= 15 is 0 Å². The molecule has 2 aliphatic heterocycles. The predicted octanol–water partition coefficient (Wildman–Crippen LogP) is 1.37. The monoisotopic (exact) mass is 584 g/mol. The molecule has 13 nitrogen and oxygen atoms in total. The molecule has 2 fully saturated rings. The highest BCUT2D eigenvalue weighted by atomic mass is 32.2. The smallest absolute Gasteiger partial charge is 0.350 e. The second-order valence-corrected chi connectivity index (χ2v) is 11.5. The normalized spacial score (nSPS) is 22.7. The Morgan fingerprint density at radius 2 is 2.08 bits per heavy atom. The number of aliphatic carboxylic acids is 2. The number of carboxylic acids is 2. The zero-order valence-corrected chi connectivity index (χ0v) is 22.9. The number of thioether (sulfide) groups is 1. The number of thiazole rings is 1. The number of carbonyl (C=O) groups excluding carboxylic acids is 2. The van der Waals surface area contributed by atoms with Gasteiger partial charge in [0.05, 0.1) is 11.6 Å². The first-order chi connectivity index (χ1) is 18.9. The number of anilines is 1. The van der Waals surface area contributed by atoms with E-state index in [1.807, 2.05) is 0 Å². The lowest BCUT2D eigenvalue weighted by molar-refractivity contribution is -0.161. The van der Waals surface area contributed by atoms with Crippen LogP contribution in [0, 0.1) is 16.7 Å². The molecule has 0 bridgehead atoms. The van der Waals surface area contributed by atoms with E-state index in [1.54, 1.807) is 30.3 Å². The van der Waals surface area contributed by atoms with Crippen LogP contribution in [0.2, 0.25) is 0 Å². The van der Waals surface area contributed by atoms with Crippen molar-refractivity contribution < 1.29 is 34.2 Å². The number of hydrogen-bond acceptors (Lipinski definition) is 11. The zero-order valence-electron chi connectivity index (χ0n) is 21.2. The number of β-lactam (4-membered cyclic amide) rings is 1. The quantitative estimate of drug-likeness (QED) is 0.188. The Hall–Kier alpha value is -4.42. The van der Waals surface area contributed by atoms with Crippen molar-refractivity contribution in [1.29, 1.82) is 5.26 Å². The van der Waals surface area contributed by atoms with Crippen LogP contribution in [0.25, 0.3) is 6.08 Å². The molecule has 1 aromatic carbocycles. The van der Waals surface area contributed by atoms with E-state index in [2.05, 4.69) is 21.5 Å². The molecule has 0 radical (unpaired) electrons. The van der Waals surface area contributed by atoms with Crippen LogP contribution in [0.15, 0.2) is 40.9 Å². The van der Waals surface area contributed by atoms with Gasteiger partial charge in [0.15, 0.2) is 10.8 Å². The first-order valence-electron chi connectivity index (χ1n) is 11.7. The molecule has 2 amide bonds. The molecule has 0 aliphatic carbocycles. The number of nitrogens with zero attached hydrogens (tertiary/aromatic N) is 4. The summed E-state index contributed by atoms with van der Waals surface area (Å²) in [5.41, 5.74) is 3.13. The number of rotatable bonds is 9. The Kier molecular flexibility index (Phi) is 7.85. The van der Waals surface area contributed by atoms with Crippen molar-refractivity contribution in [3.8, 4) is 6.07 Å². The minimum Gasteiger partial charge on any atom is -0.481 e. The number of hydrogen-bond donors (Lipinski definition) is 4. The van der Waals surface area contributed by atoms with Crippen molar-refractivity contribution in [3.05, 3.63) is 52.5 Å². The third-order valence-corrected chi connectivity index (χ3v) is 8.56. The summed E-state index contributed by atoms with van der Waals surface area (Å²) in [6.45, 7) is 2.37. The number of nitriles is 1. The Balaban J connectivity index is 1.51. The summed E-state index contributed by atoms with van der Waals surface area (Å²) in [5.74, 6) is -3.67. The van der Waals surface area contributed by atoms with Crippen molar-refractivity contribution in [1.82, 2.24) is 15.2 Å². The van der Waals surface area contributed by atoms with Crippen LogP contribution in [-0.2, 0) is 24.0 Å². The van der Waals surface area contributed by atoms with Crippen molar-refractivity contribution in [3.63, 3.8) is 0 Å². The number of fused-ring (bicyclic) bond motifs is 1. The third-order valence-electron chi connectivity index (χ3n) is 6.34. The van der Waals surface area contributed by atoms with Gasteiger partial charge in [0.25, 0.3) is 5.91 Å². The van der Waals surface area contributed by atoms with Gasteiger partial charge in [-0.3, -0.25) is 14.4 Å². The van der Waals surface area contributed by atoms with Crippen molar-refractivity contribution in [2.75, 3.05) is 18.0 Å². The second-order valence-electron chi connectivity index (χ2n) is 9.53. The number of amides is 2. The topological polar surface area (TPSA) is 208 Å². The van der Waals surface area contributed by atoms with E-state index < -0.39 is 46.2 Å². The largest absolute Gasteiger partial charge is 0.481 e. The average Bonchev–Trinajstić information content (AvgIpc) is 3.35.